The number of anilines is 1. The van der Waals surface area contributed by atoms with Crippen LogP contribution in [0.1, 0.15) is 97.0 Å². The first-order valence-electron chi connectivity index (χ1n) is 17.1. The maximum Gasteiger partial charge on any atom is 0.246 e. The van der Waals surface area contributed by atoms with Crippen molar-refractivity contribution in [1.82, 2.24) is 15.5 Å². The lowest BCUT2D eigenvalue weighted by Crippen LogP contribution is -2.59. The number of amides is 4. The second kappa shape index (κ2) is 10.8. The Labute approximate surface area is 266 Å². The van der Waals surface area contributed by atoms with Crippen molar-refractivity contribution in [2.24, 2.45) is 34.5 Å². The van der Waals surface area contributed by atoms with Crippen LogP contribution in [0, 0.1) is 45.8 Å². The van der Waals surface area contributed by atoms with Gasteiger partial charge in [0.05, 0.1) is 11.5 Å². The number of nitrogens with zero attached hydrogens (tertiary/aromatic N) is 2. The predicted molar refractivity (Wildman–Crippen MR) is 168 cm³/mol. The SMILES string of the molecule is CC(C)(C)C[C@H](NC(=O)[C@H](CC1CC1)NC(=O)C12CC3CC(CC(C3)C1)C2)C(=O)N1C[C@]2(C[C@H]1C#N)C(=O)Nc1ccccc12. The normalized spacial score (nSPS) is 34.2. The second-order valence-electron chi connectivity index (χ2n) is 16.6. The first-order valence-corrected chi connectivity index (χ1v) is 17.1. The molecule has 0 radical (unpaired) electrons. The van der Waals surface area contributed by atoms with E-state index in [1.165, 1.54) is 24.2 Å². The molecule has 9 nitrogen and oxygen atoms in total. The minimum absolute atomic E-state index is 0.0260. The van der Waals surface area contributed by atoms with Crippen LogP contribution in [-0.2, 0) is 24.6 Å². The number of fused-ring (bicyclic) bond motifs is 2. The second-order valence-corrected chi connectivity index (χ2v) is 16.6. The topological polar surface area (TPSA) is 131 Å². The average molecular weight is 614 g/mol. The van der Waals surface area contributed by atoms with Gasteiger partial charge in [-0.25, -0.2) is 0 Å². The summed E-state index contributed by atoms with van der Waals surface area (Å²) in [6, 6.07) is 7.34. The van der Waals surface area contributed by atoms with Crippen LogP contribution in [-0.4, -0.2) is 53.2 Å². The van der Waals surface area contributed by atoms with Crippen molar-refractivity contribution in [3.05, 3.63) is 29.8 Å². The number of carbonyl (C=O) groups is 4. The van der Waals surface area contributed by atoms with Gasteiger partial charge in [0.1, 0.15) is 18.1 Å². The number of benzene rings is 1. The van der Waals surface area contributed by atoms with Gasteiger partial charge in [-0.05, 0) is 92.1 Å². The van der Waals surface area contributed by atoms with Crippen molar-refractivity contribution >= 4 is 29.3 Å². The van der Waals surface area contributed by atoms with Gasteiger partial charge in [0.2, 0.25) is 23.6 Å². The van der Waals surface area contributed by atoms with E-state index in [0.717, 1.165) is 37.7 Å². The van der Waals surface area contributed by atoms with E-state index in [-0.39, 0.29) is 47.4 Å². The molecule has 9 heteroatoms. The van der Waals surface area contributed by atoms with Crippen molar-refractivity contribution in [3.63, 3.8) is 0 Å². The smallest absolute Gasteiger partial charge is 0.246 e. The molecule has 8 rings (SSSR count). The first-order chi connectivity index (χ1) is 21.4. The monoisotopic (exact) mass is 613 g/mol. The molecule has 5 saturated carbocycles. The molecule has 5 aliphatic carbocycles. The van der Waals surface area contributed by atoms with Gasteiger partial charge in [-0.1, -0.05) is 51.8 Å². The van der Waals surface area contributed by atoms with Gasteiger partial charge in [-0.15, -0.1) is 0 Å². The van der Waals surface area contributed by atoms with Crippen LogP contribution in [0.4, 0.5) is 5.69 Å². The molecule has 1 spiro atoms. The van der Waals surface area contributed by atoms with Crippen LogP contribution in [0.5, 0.6) is 0 Å². The molecule has 4 bridgehead atoms. The number of rotatable bonds is 8. The fraction of sp³-hybridized carbons (Fsp3) is 0.694. The minimum Gasteiger partial charge on any atom is -0.344 e. The molecule has 2 heterocycles. The summed E-state index contributed by atoms with van der Waals surface area (Å²) in [4.78, 5) is 57.2. The Bertz CT molecular complexity index is 1420. The van der Waals surface area contributed by atoms with Crippen molar-refractivity contribution < 1.29 is 19.2 Å². The van der Waals surface area contributed by atoms with Crippen LogP contribution in [0.25, 0.3) is 0 Å². The molecule has 1 saturated heterocycles. The summed E-state index contributed by atoms with van der Waals surface area (Å²) >= 11 is 0. The highest BCUT2D eigenvalue weighted by atomic mass is 16.2. The molecule has 7 aliphatic rings. The van der Waals surface area contributed by atoms with Crippen LogP contribution < -0.4 is 16.0 Å². The average Bonchev–Trinajstić information content (AvgIpc) is 3.64. The Kier molecular flexibility index (Phi) is 7.29. The predicted octanol–water partition coefficient (Wildman–Crippen LogP) is 4.42. The molecule has 1 aromatic rings. The quantitative estimate of drug-likeness (QED) is 0.400. The van der Waals surface area contributed by atoms with E-state index in [9.17, 15) is 24.4 Å². The van der Waals surface area contributed by atoms with Crippen molar-refractivity contribution in [1.29, 1.82) is 5.26 Å². The van der Waals surface area contributed by atoms with Crippen LogP contribution in [0.2, 0.25) is 0 Å². The highest BCUT2D eigenvalue weighted by Gasteiger charge is 2.57. The van der Waals surface area contributed by atoms with Crippen LogP contribution >= 0.6 is 0 Å². The molecule has 3 N–H and O–H groups in total. The van der Waals surface area contributed by atoms with E-state index in [2.05, 4.69) is 22.0 Å². The lowest BCUT2D eigenvalue weighted by molar-refractivity contribution is -0.149. The highest BCUT2D eigenvalue weighted by molar-refractivity contribution is 6.07. The number of nitriles is 1. The standard InChI is InChI=1S/C36H47N5O4/c1-34(2,3)18-29(31(43)41-20-36(17-25(41)19-37)26-6-4-5-7-27(26)39-33(36)45)38-30(42)28(13-21-8-9-21)40-32(44)35-14-22-10-23(15-35)12-24(11-22)16-35/h4-7,21-25,28-29H,8-18,20H2,1-3H3,(H,38,42)(H,39,45)(H,40,44)/t22?,23?,24?,25-,28-,29-,35?,36-/m0/s1. The lowest BCUT2D eigenvalue weighted by atomic mass is 9.49. The fourth-order valence-electron chi connectivity index (χ4n) is 9.89. The Balaban J connectivity index is 1.11. The first kappa shape index (κ1) is 30.3. The van der Waals surface area contributed by atoms with Gasteiger partial charge in [0, 0.05) is 24.1 Å². The largest absolute Gasteiger partial charge is 0.344 e. The van der Waals surface area contributed by atoms with Gasteiger partial charge in [0.15, 0.2) is 0 Å². The van der Waals surface area contributed by atoms with Crippen molar-refractivity contribution in [3.8, 4) is 6.07 Å². The number of nitrogens with one attached hydrogen (secondary N) is 3. The minimum atomic E-state index is -0.997. The molecule has 4 atom stereocenters. The number of likely N-dealkylation sites (tertiary alicyclic amines) is 1. The molecule has 1 aromatic carbocycles. The van der Waals surface area contributed by atoms with Gasteiger partial charge >= 0.3 is 0 Å². The van der Waals surface area contributed by atoms with Gasteiger partial charge in [-0.2, -0.15) is 5.26 Å². The van der Waals surface area contributed by atoms with Gasteiger partial charge in [0.25, 0.3) is 0 Å². The van der Waals surface area contributed by atoms with E-state index in [4.69, 9.17) is 0 Å². The van der Waals surface area contributed by atoms with E-state index in [1.54, 1.807) is 0 Å². The maximum absolute atomic E-state index is 14.3. The summed E-state index contributed by atoms with van der Waals surface area (Å²) in [6.45, 7) is 6.13. The third-order valence-corrected chi connectivity index (χ3v) is 11.8. The van der Waals surface area contributed by atoms with Gasteiger partial charge in [-0.3, -0.25) is 19.2 Å². The molecular formula is C36H47N5O4. The molecule has 45 heavy (non-hydrogen) atoms. The summed E-state index contributed by atoms with van der Waals surface area (Å²) in [5, 5.41) is 19.4. The molecule has 0 unspecified atom stereocenters. The number of hydrogen-bond donors (Lipinski definition) is 3. The van der Waals surface area contributed by atoms with Crippen LogP contribution in [0.15, 0.2) is 24.3 Å². The molecule has 2 aliphatic heterocycles. The third-order valence-electron chi connectivity index (χ3n) is 11.8. The molecule has 0 aromatic heterocycles. The van der Waals surface area contributed by atoms with Crippen LogP contribution in [0.3, 0.4) is 0 Å². The molecule has 240 valence electrons. The zero-order chi connectivity index (χ0) is 31.7. The van der Waals surface area contributed by atoms with Crippen molar-refractivity contribution in [2.75, 3.05) is 11.9 Å². The number of hydrogen-bond acceptors (Lipinski definition) is 5. The van der Waals surface area contributed by atoms with E-state index in [1.807, 2.05) is 45.0 Å². The Morgan fingerprint density at radius 2 is 1.64 bits per heavy atom. The van der Waals surface area contributed by atoms with E-state index >= 15 is 0 Å². The lowest BCUT2D eigenvalue weighted by Gasteiger charge is -2.55. The maximum atomic E-state index is 14.3. The summed E-state index contributed by atoms with van der Waals surface area (Å²) in [5.74, 6) is 1.42. The summed E-state index contributed by atoms with van der Waals surface area (Å²) in [6.07, 6.45) is 9.74. The van der Waals surface area contributed by atoms with E-state index in [0.29, 0.717) is 42.2 Å². The van der Waals surface area contributed by atoms with E-state index < -0.39 is 23.5 Å². The fourth-order valence-corrected chi connectivity index (χ4v) is 9.89. The summed E-state index contributed by atoms with van der Waals surface area (Å²) < 4.78 is 0. The van der Waals surface area contributed by atoms with Gasteiger partial charge < -0.3 is 20.9 Å². The third kappa shape index (κ3) is 5.53. The summed E-state index contributed by atoms with van der Waals surface area (Å²) in [5.41, 5.74) is -0.147. The Morgan fingerprint density at radius 3 is 2.24 bits per heavy atom. The number of carbonyl (C=O) groups excluding carboxylic acids is 4. The zero-order valence-electron chi connectivity index (χ0n) is 26.9. The Morgan fingerprint density at radius 1 is 1.00 bits per heavy atom. The highest BCUT2D eigenvalue weighted by Crippen LogP contribution is 2.60. The molecule has 6 fully saturated rings. The van der Waals surface area contributed by atoms with Crippen molar-refractivity contribution in [2.45, 2.75) is 115 Å². The molecular weight excluding hydrogens is 566 g/mol. The Hall–Kier alpha value is -3.41. The summed E-state index contributed by atoms with van der Waals surface area (Å²) in [7, 11) is 0. The number of para-hydroxylation sites is 1. The zero-order valence-corrected chi connectivity index (χ0v) is 26.9. The molecule has 4 amide bonds.